The first-order valence-electron chi connectivity index (χ1n) is 5.51. The Balaban J connectivity index is 2.16. The van der Waals surface area contributed by atoms with Gasteiger partial charge in [0.15, 0.2) is 11.6 Å². The van der Waals surface area contributed by atoms with Crippen LogP contribution < -0.4 is 5.32 Å². The van der Waals surface area contributed by atoms with Crippen LogP contribution in [0.2, 0.25) is 0 Å². The van der Waals surface area contributed by atoms with E-state index in [0.717, 1.165) is 11.6 Å². The second-order valence-electron chi connectivity index (χ2n) is 4.03. The minimum absolute atomic E-state index is 0.105. The van der Waals surface area contributed by atoms with E-state index >= 15 is 0 Å². The van der Waals surface area contributed by atoms with E-state index in [1.54, 1.807) is 6.07 Å². The van der Waals surface area contributed by atoms with Gasteiger partial charge < -0.3 is 5.32 Å². The van der Waals surface area contributed by atoms with Gasteiger partial charge in [-0.15, -0.1) is 0 Å². The van der Waals surface area contributed by atoms with Crippen LogP contribution in [0.4, 0.5) is 18.9 Å². The highest BCUT2D eigenvalue weighted by atomic mass is 19.2. The molecule has 2 aromatic carbocycles. The molecule has 0 saturated heterocycles. The van der Waals surface area contributed by atoms with Crippen molar-refractivity contribution in [1.29, 1.82) is 0 Å². The summed E-state index contributed by atoms with van der Waals surface area (Å²) in [5.41, 5.74) is 1.62. The molecule has 0 fully saturated rings. The van der Waals surface area contributed by atoms with Crippen molar-refractivity contribution in [2.75, 3.05) is 5.32 Å². The number of benzene rings is 2. The zero-order valence-electron chi connectivity index (χ0n) is 9.81. The molecule has 0 radical (unpaired) electrons. The molecule has 2 aromatic rings. The predicted octanol–water partition coefficient (Wildman–Crippen LogP) is 4.02. The number of hydrogen-bond donors (Lipinski definition) is 1. The lowest BCUT2D eigenvalue weighted by molar-refractivity contribution is 0.500. The van der Waals surface area contributed by atoms with E-state index in [2.05, 4.69) is 5.32 Å². The maximum absolute atomic E-state index is 13.4. The first kappa shape index (κ1) is 12.5. The highest BCUT2D eigenvalue weighted by Crippen LogP contribution is 2.18. The molecule has 0 aliphatic carbocycles. The summed E-state index contributed by atoms with van der Waals surface area (Å²) in [6.07, 6.45) is 0. The monoisotopic (exact) mass is 251 g/mol. The van der Waals surface area contributed by atoms with Crippen molar-refractivity contribution in [3.05, 3.63) is 65.0 Å². The lowest BCUT2D eigenvalue weighted by Gasteiger charge is -2.10. The van der Waals surface area contributed by atoms with Gasteiger partial charge in [-0.3, -0.25) is 0 Å². The number of halogens is 3. The first-order valence-corrected chi connectivity index (χ1v) is 5.51. The Morgan fingerprint density at radius 3 is 2.61 bits per heavy atom. The molecule has 94 valence electrons. The molecule has 0 aliphatic rings. The third kappa shape index (κ3) is 2.64. The molecular weight excluding hydrogens is 239 g/mol. The van der Waals surface area contributed by atoms with Gasteiger partial charge in [0.1, 0.15) is 5.82 Å². The first-order chi connectivity index (χ1) is 8.58. The lowest BCUT2D eigenvalue weighted by atomic mass is 10.1. The Morgan fingerprint density at radius 1 is 1.06 bits per heavy atom. The molecule has 0 bridgehead atoms. The highest BCUT2D eigenvalue weighted by molar-refractivity contribution is 5.51. The predicted molar refractivity (Wildman–Crippen MR) is 64.8 cm³/mol. The Morgan fingerprint density at radius 2 is 1.83 bits per heavy atom. The van der Waals surface area contributed by atoms with Crippen molar-refractivity contribution in [3.8, 4) is 0 Å². The van der Waals surface area contributed by atoms with Crippen LogP contribution in [0, 0.1) is 24.4 Å². The summed E-state index contributed by atoms with van der Waals surface area (Å²) in [6.45, 7) is 1.91. The quantitative estimate of drug-likeness (QED) is 0.868. The zero-order valence-corrected chi connectivity index (χ0v) is 9.81. The lowest BCUT2D eigenvalue weighted by Crippen LogP contribution is -2.04. The largest absolute Gasteiger partial charge is 0.381 e. The second kappa shape index (κ2) is 5.12. The van der Waals surface area contributed by atoms with Gasteiger partial charge in [0.25, 0.3) is 0 Å². The minimum atomic E-state index is -0.884. The molecule has 0 atom stereocenters. The third-order valence-corrected chi connectivity index (χ3v) is 2.70. The standard InChI is InChI=1S/C14H12F3N/c1-9-5-6-11(15)7-13(9)18-8-10-3-2-4-12(16)14(10)17/h2-7,18H,8H2,1H3. The summed E-state index contributed by atoms with van der Waals surface area (Å²) < 4.78 is 39.4. The number of aryl methyl sites for hydroxylation is 1. The minimum Gasteiger partial charge on any atom is -0.381 e. The fourth-order valence-corrected chi connectivity index (χ4v) is 1.66. The Labute approximate surface area is 103 Å². The third-order valence-electron chi connectivity index (χ3n) is 2.70. The topological polar surface area (TPSA) is 12.0 Å². The van der Waals surface area contributed by atoms with Crippen LogP contribution in [0.3, 0.4) is 0 Å². The average molecular weight is 251 g/mol. The van der Waals surface area contributed by atoms with Crippen molar-refractivity contribution in [3.63, 3.8) is 0 Å². The van der Waals surface area contributed by atoms with Gasteiger partial charge >= 0.3 is 0 Å². The smallest absolute Gasteiger partial charge is 0.163 e. The van der Waals surface area contributed by atoms with E-state index in [1.807, 2.05) is 6.92 Å². The number of anilines is 1. The molecule has 1 nitrogen and oxygen atoms in total. The van der Waals surface area contributed by atoms with Crippen LogP contribution in [-0.4, -0.2) is 0 Å². The van der Waals surface area contributed by atoms with E-state index in [1.165, 1.54) is 24.3 Å². The summed E-state index contributed by atoms with van der Waals surface area (Å²) in [6, 6.07) is 8.29. The maximum Gasteiger partial charge on any atom is 0.163 e. The number of nitrogens with one attached hydrogen (secondary N) is 1. The molecule has 0 saturated carbocycles. The summed E-state index contributed by atoms with van der Waals surface area (Å²) >= 11 is 0. The van der Waals surface area contributed by atoms with E-state index < -0.39 is 11.6 Å². The van der Waals surface area contributed by atoms with E-state index in [-0.39, 0.29) is 17.9 Å². The summed E-state index contributed by atoms with van der Waals surface area (Å²) in [5.74, 6) is -2.13. The Bertz CT molecular complexity index is 565. The van der Waals surface area contributed by atoms with Crippen LogP contribution in [-0.2, 0) is 6.54 Å². The molecule has 0 unspecified atom stereocenters. The van der Waals surface area contributed by atoms with Crippen LogP contribution in [0.1, 0.15) is 11.1 Å². The molecule has 18 heavy (non-hydrogen) atoms. The van der Waals surface area contributed by atoms with Gasteiger partial charge in [-0.2, -0.15) is 0 Å². The number of rotatable bonds is 3. The fourth-order valence-electron chi connectivity index (χ4n) is 1.66. The SMILES string of the molecule is Cc1ccc(F)cc1NCc1cccc(F)c1F. The summed E-state index contributed by atoms with van der Waals surface area (Å²) in [7, 11) is 0. The molecule has 0 amide bonds. The van der Waals surface area contributed by atoms with Crippen LogP contribution in [0.25, 0.3) is 0 Å². The molecule has 0 aliphatic heterocycles. The van der Waals surface area contributed by atoms with Gasteiger partial charge in [-0.25, -0.2) is 13.2 Å². The molecule has 1 N–H and O–H groups in total. The number of hydrogen-bond acceptors (Lipinski definition) is 1. The second-order valence-corrected chi connectivity index (χ2v) is 4.03. The van der Waals surface area contributed by atoms with E-state index in [0.29, 0.717) is 5.69 Å². The van der Waals surface area contributed by atoms with Gasteiger partial charge in [0, 0.05) is 17.8 Å². The van der Waals surface area contributed by atoms with Gasteiger partial charge in [0.05, 0.1) is 0 Å². The van der Waals surface area contributed by atoms with Crippen LogP contribution in [0.5, 0.6) is 0 Å². The molecule has 4 heteroatoms. The normalized spacial score (nSPS) is 10.4. The highest BCUT2D eigenvalue weighted by Gasteiger charge is 2.07. The van der Waals surface area contributed by atoms with Gasteiger partial charge in [-0.1, -0.05) is 18.2 Å². The zero-order chi connectivity index (χ0) is 13.1. The van der Waals surface area contributed by atoms with Crippen molar-refractivity contribution in [2.24, 2.45) is 0 Å². The van der Waals surface area contributed by atoms with Crippen LogP contribution in [0.15, 0.2) is 36.4 Å². The molecule has 2 rings (SSSR count). The van der Waals surface area contributed by atoms with E-state index in [9.17, 15) is 13.2 Å². The Hall–Kier alpha value is -1.97. The van der Waals surface area contributed by atoms with Crippen molar-refractivity contribution >= 4 is 5.69 Å². The van der Waals surface area contributed by atoms with Gasteiger partial charge in [0.2, 0.25) is 0 Å². The molecule has 0 spiro atoms. The summed E-state index contributed by atoms with van der Waals surface area (Å²) in [5, 5.41) is 2.89. The van der Waals surface area contributed by atoms with Crippen molar-refractivity contribution in [1.82, 2.24) is 0 Å². The fraction of sp³-hybridized carbons (Fsp3) is 0.143. The van der Waals surface area contributed by atoms with E-state index in [4.69, 9.17) is 0 Å². The molecular formula is C14H12F3N. The molecule has 0 heterocycles. The van der Waals surface area contributed by atoms with Crippen molar-refractivity contribution < 1.29 is 13.2 Å². The van der Waals surface area contributed by atoms with Gasteiger partial charge in [-0.05, 0) is 30.7 Å². The molecule has 0 aromatic heterocycles. The average Bonchev–Trinajstić information content (AvgIpc) is 2.35. The van der Waals surface area contributed by atoms with Crippen molar-refractivity contribution in [2.45, 2.75) is 13.5 Å². The van der Waals surface area contributed by atoms with Crippen LogP contribution >= 0.6 is 0 Å². The summed E-state index contributed by atoms with van der Waals surface area (Å²) in [4.78, 5) is 0. The Kier molecular flexibility index (Phi) is 3.55. The maximum atomic E-state index is 13.4.